The number of halogens is 3. The van der Waals surface area contributed by atoms with Gasteiger partial charge in [-0.3, -0.25) is 0 Å². The third-order valence-electron chi connectivity index (χ3n) is 6.86. The predicted molar refractivity (Wildman–Crippen MR) is 146 cm³/mol. The first kappa shape index (κ1) is 26.9. The number of fused-ring (bicyclic) bond motifs is 2. The molecular weight excluding hydrogens is 523 g/mol. The normalized spacial score (nSPS) is 11.5. The Morgan fingerprint density at radius 1 is 0.525 bits per heavy atom. The summed E-state index contributed by atoms with van der Waals surface area (Å²) in [6, 6.07) is 19.7. The Balaban J connectivity index is 2.12. The first-order chi connectivity index (χ1) is 19.3. The number of ether oxygens (including phenoxy) is 5. The molecule has 0 N–H and O–H groups in total. The molecule has 5 aromatic rings. The Labute approximate surface area is 229 Å². The molecule has 0 saturated carbocycles. The van der Waals surface area contributed by atoms with E-state index in [4.69, 9.17) is 23.7 Å². The Kier molecular flexibility index (Phi) is 7.06. The van der Waals surface area contributed by atoms with Gasteiger partial charge in [-0.05, 0) is 36.4 Å². The largest absolute Gasteiger partial charge is 0.496 e. The fourth-order valence-corrected chi connectivity index (χ4v) is 5.16. The minimum absolute atomic E-state index is 0.201. The Bertz CT molecular complexity index is 1650. The van der Waals surface area contributed by atoms with Crippen molar-refractivity contribution in [1.82, 2.24) is 0 Å². The summed E-state index contributed by atoms with van der Waals surface area (Å²) in [6.45, 7) is 0. The average molecular weight is 551 g/mol. The second-order valence-electron chi connectivity index (χ2n) is 8.84. The summed E-state index contributed by atoms with van der Waals surface area (Å²) in [5.74, 6) is 2.32. The Morgan fingerprint density at radius 3 is 1.43 bits per heavy atom. The van der Waals surface area contributed by atoms with Gasteiger partial charge in [0.2, 0.25) is 11.0 Å². The van der Waals surface area contributed by atoms with Crippen molar-refractivity contribution in [3.8, 4) is 45.6 Å². The summed E-state index contributed by atoms with van der Waals surface area (Å²) in [5.41, 5.74) is 1.85. The lowest BCUT2D eigenvalue weighted by atomic mass is 9.92. The fraction of sp³-hybridized carbons (Fsp3) is 0.194. The summed E-state index contributed by atoms with van der Waals surface area (Å²) in [4.78, 5) is 0. The van der Waals surface area contributed by atoms with Crippen LogP contribution >= 0.6 is 0 Å². The maximum Gasteiger partial charge on any atom is 0.416 e. The second-order valence-corrected chi connectivity index (χ2v) is 8.84. The zero-order chi connectivity index (χ0) is 28.6. The SMILES string of the molecule is COc1ccc(C(F)(F)F)cc1-[n+]1c2cccc(OC)c2c(-c2c(OC)cccc2OC)c2c(OC)cccc21. The summed E-state index contributed by atoms with van der Waals surface area (Å²) in [5, 5.41) is 1.23. The number of methoxy groups -OCH3 is 5. The Morgan fingerprint density at radius 2 is 0.975 bits per heavy atom. The van der Waals surface area contributed by atoms with Crippen LogP contribution in [0.3, 0.4) is 0 Å². The zero-order valence-corrected chi connectivity index (χ0v) is 22.6. The van der Waals surface area contributed by atoms with E-state index in [0.29, 0.717) is 55.9 Å². The fourth-order valence-electron chi connectivity index (χ4n) is 5.16. The highest BCUT2D eigenvalue weighted by Gasteiger charge is 2.36. The van der Waals surface area contributed by atoms with Crippen LogP contribution in [0.25, 0.3) is 38.6 Å². The molecule has 0 aliphatic rings. The maximum atomic E-state index is 13.9. The van der Waals surface area contributed by atoms with Gasteiger partial charge < -0.3 is 23.7 Å². The van der Waals surface area contributed by atoms with E-state index in [0.717, 1.165) is 12.1 Å². The summed E-state index contributed by atoms with van der Waals surface area (Å²) in [6.07, 6.45) is -4.56. The molecule has 4 aromatic carbocycles. The number of hydrogen-bond acceptors (Lipinski definition) is 5. The number of aromatic nitrogens is 1. The number of hydrogen-bond donors (Lipinski definition) is 0. The molecule has 0 unspecified atom stereocenters. The van der Waals surface area contributed by atoms with Crippen molar-refractivity contribution in [3.63, 3.8) is 0 Å². The monoisotopic (exact) mass is 550 g/mol. The van der Waals surface area contributed by atoms with E-state index in [9.17, 15) is 13.2 Å². The number of pyridine rings is 1. The van der Waals surface area contributed by atoms with Gasteiger partial charge in [0, 0.05) is 23.8 Å². The third kappa shape index (κ3) is 4.27. The lowest BCUT2D eigenvalue weighted by molar-refractivity contribution is -0.538. The highest BCUT2D eigenvalue weighted by Crippen LogP contribution is 2.49. The van der Waals surface area contributed by atoms with Crippen molar-refractivity contribution in [3.05, 3.63) is 78.4 Å². The van der Waals surface area contributed by atoms with E-state index in [1.807, 2.05) is 30.3 Å². The number of nitrogens with zero attached hydrogens (tertiary/aromatic N) is 1. The van der Waals surface area contributed by atoms with Gasteiger partial charge >= 0.3 is 6.18 Å². The smallest absolute Gasteiger partial charge is 0.416 e. The first-order valence-corrected chi connectivity index (χ1v) is 12.3. The van der Waals surface area contributed by atoms with Crippen LogP contribution in [0.15, 0.2) is 72.8 Å². The van der Waals surface area contributed by atoms with Crippen LogP contribution in [-0.4, -0.2) is 35.5 Å². The second kappa shape index (κ2) is 10.5. The van der Waals surface area contributed by atoms with Crippen LogP contribution in [0.4, 0.5) is 13.2 Å². The highest BCUT2D eigenvalue weighted by molar-refractivity contribution is 6.14. The quantitative estimate of drug-likeness (QED) is 0.161. The summed E-state index contributed by atoms with van der Waals surface area (Å²) in [7, 11) is 7.63. The van der Waals surface area contributed by atoms with Gasteiger partial charge in [-0.1, -0.05) is 18.2 Å². The molecule has 0 spiro atoms. The van der Waals surface area contributed by atoms with Crippen molar-refractivity contribution in [2.75, 3.05) is 35.5 Å². The molecule has 0 fully saturated rings. The summed E-state index contributed by atoms with van der Waals surface area (Å²) < 4.78 is 72.3. The molecule has 0 amide bonds. The molecule has 0 saturated heterocycles. The highest BCUT2D eigenvalue weighted by atomic mass is 19.4. The van der Waals surface area contributed by atoms with E-state index in [2.05, 4.69) is 0 Å². The Hall–Kier alpha value is -4.66. The number of alkyl halides is 3. The van der Waals surface area contributed by atoms with Crippen LogP contribution in [0.1, 0.15) is 5.56 Å². The van der Waals surface area contributed by atoms with Gasteiger partial charge in [-0.2, -0.15) is 13.2 Å². The molecule has 0 atom stereocenters. The predicted octanol–water partition coefficient (Wildman–Crippen LogP) is 7.00. The van der Waals surface area contributed by atoms with Crippen LogP contribution in [0.2, 0.25) is 0 Å². The van der Waals surface area contributed by atoms with E-state index in [1.54, 1.807) is 57.3 Å². The molecule has 1 heterocycles. The molecule has 9 heteroatoms. The molecule has 0 aliphatic carbocycles. The first-order valence-electron chi connectivity index (χ1n) is 12.3. The zero-order valence-electron chi connectivity index (χ0n) is 22.6. The minimum atomic E-state index is -4.56. The van der Waals surface area contributed by atoms with Gasteiger partial charge in [0.15, 0.2) is 5.75 Å². The number of rotatable bonds is 7. The molecule has 6 nitrogen and oxygen atoms in total. The average Bonchev–Trinajstić information content (AvgIpc) is 2.97. The third-order valence-corrected chi connectivity index (χ3v) is 6.86. The van der Waals surface area contributed by atoms with Crippen LogP contribution in [0.5, 0.6) is 28.7 Å². The molecular formula is C31H27F3NO5+. The van der Waals surface area contributed by atoms with E-state index < -0.39 is 11.7 Å². The van der Waals surface area contributed by atoms with Crippen LogP contribution in [-0.2, 0) is 6.18 Å². The molecule has 1 aromatic heterocycles. The minimum Gasteiger partial charge on any atom is -0.496 e. The molecule has 5 rings (SSSR count). The standard InChI is InChI=1S/C31H27F3NO5/c1-36-22-16-15-18(31(32,33)34)17-21(22)35-19-9-6-11-23(37-2)27(19)30(28-20(35)10-7-12-24(28)38-3)29-25(39-4)13-8-14-26(29)40-5/h6-17H,1-5H3/q+1. The van der Waals surface area contributed by atoms with Crippen molar-refractivity contribution < 1.29 is 41.4 Å². The van der Waals surface area contributed by atoms with Crippen molar-refractivity contribution in [1.29, 1.82) is 0 Å². The lowest BCUT2D eigenvalue weighted by Crippen LogP contribution is -2.34. The topological polar surface area (TPSA) is 50.0 Å². The van der Waals surface area contributed by atoms with Gasteiger partial charge in [0.1, 0.15) is 23.0 Å². The molecule has 0 aliphatic heterocycles. The van der Waals surface area contributed by atoms with Gasteiger partial charge in [0.05, 0.1) is 57.4 Å². The van der Waals surface area contributed by atoms with Crippen molar-refractivity contribution in [2.45, 2.75) is 6.18 Å². The van der Waals surface area contributed by atoms with E-state index in [-0.39, 0.29) is 11.4 Å². The van der Waals surface area contributed by atoms with Crippen molar-refractivity contribution >= 4 is 21.8 Å². The van der Waals surface area contributed by atoms with Crippen molar-refractivity contribution in [2.24, 2.45) is 0 Å². The van der Waals surface area contributed by atoms with E-state index in [1.165, 1.54) is 13.2 Å². The molecule has 0 bridgehead atoms. The summed E-state index contributed by atoms with van der Waals surface area (Å²) >= 11 is 0. The van der Waals surface area contributed by atoms with Crippen LogP contribution < -0.4 is 28.3 Å². The molecule has 0 radical (unpaired) electrons. The van der Waals surface area contributed by atoms with E-state index >= 15 is 0 Å². The van der Waals surface area contributed by atoms with Crippen LogP contribution in [0, 0.1) is 0 Å². The van der Waals surface area contributed by atoms with Gasteiger partial charge in [0.25, 0.3) is 5.69 Å². The molecule has 206 valence electrons. The maximum absolute atomic E-state index is 13.9. The van der Waals surface area contributed by atoms with Gasteiger partial charge in [-0.25, -0.2) is 0 Å². The van der Waals surface area contributed by atoms with Gasteiger partial charge in [-0.15, -0.1) is 4.57 Å². The lowest BCUT2D eigenvalue weighted by Gasteiger charge is -2.20. The number of benzene rings is 4. The molecule has 40 heavy (non-hydrogen) atoms.